The minimum absolute atomic E-state index is 0.0439. The number of rotatable bonds is 22. The van der Waals surface area contributed by atoms with Crippen molar-refractivity contribution in [2.24, 2.45) is 0 Å². The molecule has 0 saturated carbocycles. The van der Waals surface area contributed by atoms with Gasteiger partial charge in [0.2, 0.25) is 17.5 Å². The van der Waals surface area contributed by atoms with Gasteiger partial charge < -0.3 is 57.4 Å². The SMILES string of the molecule is CCOc1ccc(-c2nc(-c3ccc4ccccc4c3)no2)cc1OCC.CCOc1ccc(-c2nc(-c3cccc4[nH]cc(CNC(C)(C)CO)c34)no2)cc1OCC.CCOc1ccc(-c2nc(-c3cccc4ccccc34)no2)cc1OCC. The smallest absolute Gasteiger partial charge is 0.258 e. The van der Waals surface area contributed by atoms with E-state index in [1.807, 2.05) is 177 Å². The van der Waals surface area contributed by atoms with E-state index < -0.39 is 0 Å². The van der Waals surface area contributed by atoms with Crippen LogP contribution in [0.4, 0.5) is 0 Å². The molecule has 0 saturated heterocycles. The van der Waals surface area contributed by atoms with Crippen molar-refractivity contribution in [3.63, 3.8) is 0 Å². The Morgan fingerprint density at radius 3 is 1.41 bits per heavy atom. The van der Waals surface area contributed by atoms with Crippen molar-refractivity contribution in [1.29, 1.82) is 0 Å². The maximum Gasteiger partial charge on any atom is 0.258 e. The van der Waals surface area contributed by atoms with Crippen LogP contribution in [0.3, 0.4) is 0 Å². The summed E-state index contributed by atoms with van der Waals surface area (Å²) in [7, 11) is 0. The molecule has 8 aromatic carbocycles. The standard InChI is InChI=1S/C25H30N4O4.2C22H20N2O3/c1-5-31-20-11-10-16(12-21(20)32-6-2)24-28-23(29-33-24)18-8-7-9-19-22(18)17(13-26-19)14-27-25(3,4)15-30;1-3-25-19-13-12-16(14-20(19)26-4-2)22-23-21(24-27-22)18-11-7-9-15-8-5-6-10-17(15)18;1-3-25-19-12-11-18(14-20(19)26-4-2)22-23-21(24-27-22)17-10-9-15-7-5-6-8-16(15)13-17/h7-13,26-27,30H,5-6,14-15H2,1-4H3;2*5-14H,3-4H2,1-2H3. The molecular formula is C69H70N8O10. The Hall–Kier alpha value is -10.0. The number of aromatic nitrogens is 7. The fourth-order valence-electron chi connectivity index (χ4n) is 9.63. The fourth-order valence-corrected chi connectivity index (χ4v) is 9.63. The molecule has 18 nitrogen and oxygen atoms in total. The third kappa shape index (κ3) is 14.2. The number of nitrogens with zero attached hydrogens (tertiary/aromatic N) is 6. The molecule has 0 aliphatic carbocycles. The van der Waals surface area contributed by atoms with Gasteiger partial charge in [-0.1, -0.05) is 106 Å². The van der Waals surface area contributed by atoms with E-state index in [1.54, 1.807) is 0 Å². The second-order valence-corrected chi connectivity index (χ2v) is 20.4. The maximum absolute atomic E-state index is 9.56. The molecule has 0 spiro atoms. The number of ether oxygens (including phenoxy) is 6. The first-order valence-corrected chi connectivity index (χ1v) is 29.2. The summed E-state index contributed by atoms with van der Waals surface area (Å²) in [5, 5.41) is 31.1. The van der Waals surface area contributed by atoms with E-state index in [0.717, 1.165) is 66.0 Å². The van der Waals surface area contributed by atoms with Crippen LogP contribution in [-0.4, -0.2) is 92.3 Å². The number of nitrogens with one attached hydrogen (secondary N) is 2. The number of H-pyrrole nitrogens is 1. The lowest BCUT2D eigenvalue weighted by atomic mass is 10.0. The highest BCUT2D eigenvalue weighted by Gasteiger charge is 2.22. The summed E-state index contributed by atoms with van der Waals surface area (Å²) in [6.45, 7) is 19.5. The van der Waals surface area contributed by atoms with E-state index in [4.69, 9.17) is 42.0 Å². The van der Waals surface area contributed by atoms with Crippen LogP contribution in [0, 0.1) is 0 Å². The van der Waals surface area contributed by atoms with Crippen LogP contribution in [-0.2, 0) is 6.54 Å². The van der Waals surface area contributed by atoms with E-state index in [9.17, 15) is 5.11 Å². The molecular weight excluding hydrogens is 1100 g/mol. The Kier molecular flexibility index (Phi) is 19.5. The zero-order valence-electron chi connectivity index (χ0n) is 50.1. The monoisotopic (exact) mass is 1170 g/mol. The summed E-state index contributed by atoms with van der Waals surface area (Å²) in [6, 6.07) is 51.3. The van der Waals surface area contributed by atoms with Crippen molar-refractivity contribution in [1.82, 2.24) is 40.7 Å². The molecule has 4 heterocycles. The number of aromatic amines is 1. The molecule has 0 bridgehead atoms. The molecule has 87 heavy (non-hydrogen) atoms. The van der Waals surface area contributed by atoms with Crippen molar-refractivity contribution in [3.8, 4) is 103 Å². The lowest BCUT2D eigenvalue weighted by Crippen LogP contribution is -2.42. The molecule has 0 amide bonds. The van der Waals surface area contributed by atoms with Gasteiger partial charge in [-0.3, -0.25) is 0 Å². The average molecular weight is 1170 g/mol. The first-order valence-electron chi connectivity index (χ1n) is 29.2. The topological polar surface area (TPSA) is 220 Å². The third-order valence-corrected chi connectivity index (χ3v) is 13.9. The lowest BCUT2D eigenvalue weighted by molar-refractivity contribution is 0.187. The summed E-state index contributed by atoms with van der Waals surface area (Å²) in [6.07, 6.45) is 1.97. The molecule has 0 aliphatic rings. The largest absolute Gasteiger partial charge is 0.490 e. The third-order valence-electron chi connectivity index (χ3n) is 13.9. The van der Waals surface area contributed by atoms with Gasteiger partial charge in [0.15, 0.2) is 34.5 Å². The zero-order chi connectivity index (χ0) is 60.7. The highest BCUT2D eigenvalue weighted by molar-refractivity contribution is 5.97. The van der Waals surface area contributed by atoms with Gasteiger partial charge in [-0.15, -0.1) is 0 Å². The van der Waals surface area contributed by atoms with Crippen LogP contribution in [0.5, 0.6) is 34.5 Å². The summed E-state index contributed by atoms with van der Waals surface area (Å²) in [4.78, 5) is 17.2. The molecule has 12 rings (SSSR count). The van der Waals surface area contributed by atoms with E-state index in [0.29, 0.717) is 116 Å². The summed E-state index contributed by atoms with van der Waals surface area (Å²) >= 11 is 0. The van der Waals surface area contributed by atoms with Crippen LogP contribution in [0.15, 0.2) is 177 Å². The van der Waals surface area contributed by atoms with E-state index >= 15 is 0 Å². The second-order valence-electron chi connectivity index (χ2n) is 20.4. The van der Waals surface area contributed by atoms with Crippen LogP contribution in [0.1, 0.15) is 61.0 Å². The predicted molar refractivity (Wildman–Crippen MR) is 337 cm³/mol. The van der Waals surface area contributed by atoms with Gasteiger partial charge in [0.05, 0.1) is 46.2 Å². The lowest BCUT2D eigenvalue weighted by Gasteiger charge is -2.23. The normalized spacial score (nSPS) is 11.2. The van der Waals surface area contributed by atoms with Gasteiger partial charge in [-0.25, -0.2) is 0 Å². The molecule has 0 fully saturated rings. The minimum atomic E-state index is -0.385. The fraction of sp³-hybridized carbons (Fsp3) is 0.246. The first-order chi connectivity index (χ1) is 42.5. The van der Waals surface area contributed by atoms with Crippen LogP contribution in [0.25, 0.3) is 101 Å². The van der Waals surface area contributed by atoms with Gasteiger partial charge in [0.25, 0.3) is 17.7 Å². The van der Waals surface area contributed by atoms with Crippen molar-refractivity contribution in [2.75, 3.05) is 46.2 Å². The Morgan fingerprint density at radius 1 is 0.437 bits per heavy atom. The van der Waals surface area contributed by atoms with Crippen molar-refractivity contribution >= 4 is 32.4 Å². The molecule has 0 aliphatic heterocycles. The maximum atomic E-state index is 9.56. The predicted octanol–water partition coefficient (Wildman–Crippen LogP) is 15.3. The summed E-state index contributed by atoms with van der Waals surface area (Å²) in [5.41, 5.74) is 6.74. The van der Waals surface area contributed by atoms with E-state index in [2.05, 4.69) is 83.2 Å². The summed E-state index contributed by atoms with van der Waals surface area (Å²) in [5.74, 6) is 7.00. The Balaban J connectivity index is 0.000000145. The molecule has 3 N–H and O–H groups in total. The second kappa shape index (κ2) is 28.2. The molecule has 0 unspecified atom stereocenters. The van der Waals surface area contributed by atoms with Crippen molar-refractivity contribution in [3.05, 3.63) is 169 Å². The number of aliphatic hydroxyl groups excluding tert-OH is 1. The van der Waals surface area contributed by atoms with Gasteiger partial charge in [-0.2, -0.15) is 15.0 Å². The van der Waals surface area contributed by atoms with E-state index in [-0.39, 0.29) is 12.1 Å². The number of benzene rings is 8. The number of hydrogen-bond donors (Lipinski definition) is 3. The van der Waals surface area contributed by atoms with E-state index in [1.165, 1.54) is 5.39 Å². The Bertz CT molecular complexity index is 4210. The van der Waals surface area contributed by atoms with Gasteiger partial charge in [-0.05, 0) is 149 Å². The van der Waals surface area contributed by atoms with Crippen molar-refractivity contribution in [2.45, 2.75) is 67.5 Å². The van der Waals surface area contributed by atoms with Crippen LogP contribution in [0.2, 0.25) is 0 Å². The zero-order valence-corrected chi connectivity index (χ0v) is 50.1. The molecule has 446 valence electrons. The Labute approximate surface area is 504 Å². The Morgan fingerprint density at radius 2 is 0.874 bits per heavy atom. The van der Waals surface area contributed by atoms with Crippen LogP contribution >= 0.6 is 0 Å². The van der Waals surface area contributed by atoms with Gasteiger partial charge in [0, 0.05) is 62.6 Å². The van der Waals surface area contributed by atoms with Gasteiger partial charge >= 0.3 is 0 Å². The number of aliphatic hydroxyl groups is 1. The highest BCUT2D eigenvalue weighted by Crippen LogP contribution is 2.38. The van der Waals surface area contributed by atoms with Gasteiger partial charge in [0.1, 0.15) is 0 Å². The van der Waals surface area contributed by atoms with Crippen LogP contribution < -0.4 is 33.7 Å². The minimum Gasteiger partial charge on any atom is -0.490 e. The summed E-state index contributed by atoms with van der Waals surface area (Å²) < 4.78 is 50.6. The molecule has 12 aromatic rings. The quantitative estimate of drug-likeness (QED) is 0.0574. The highest BCUT2D eigenvalue weighted by atomic mass is 16.5. The molecule has 0 radical (unpaired) electrons. The number of hydrogen-bond acceptors (Lipinski definition) is 17. The molecule has 0 atom stereocenters. The van der Waals surface area contributed by atoms with Crippen molar-refractivity contribution < 1.29 is 47.1 Å². The number of fused-ring (bicyclic) bond motifs is 3. The molecule has 18 heteroatoms. The molecule has 4 aromatic heterocycles. The average Bonchev–Trinajstić information content (AvgIpc) is 3.01. The first kappa shape index (κ1) is 60.1.